The molecule has 0 aliphatic rings. The van der Waals surface area contributed by atoms with Crippen LogP contribution in [0.4, 0.5) is 5.69 Å². The second-order valence-electron chi connectivity index (χ2n) is 8.32. The molecule has 5 nitrogen and oxygen atoms in total. The minimum atomic E-state index is -0.178. The van der Waals surface area contributed by atoms with E-state index in [0.717, 1.165) is 41.7 Å². The van der Waals surface area contributed by atoms with Crippen LogP contribution >= 0.6 is 0 Å². The molecule has 0 fully saturated rings. The van der Waals surface area contributed by atoms with Gasteiger partial charge in [0.2, 0.25) is 5.89 Å². The summed E-state index contributed by atoms with van der Waals surface area (Å²) in [5.41, 5.74) is 4.93. The molecule has 1 heterocycles. The summed E-state index contributed by atoms with van der Waals surface area (Å²) < 4.78 is 11.6. The second kappa shape index (κ2) is 10.3. The molecule has 0 aliphatic carbocycles. The van der Waals surface area contributed by atoms with Gasteiger partial charge in [-0.25, -0.2) is 4.98 Å². The highest BCUT2D eigenvalue weighted by Crippen LogP contribution is 2.29. The minimum Gasteiger partial charge on any atom is -0.494 e. The summed E-state index contributed by atoms with van der Waals surface area (Å²) in [7, 11) is 0. The number of oxazole rings is 1. The van der Waals surface area contributed by atoms with Gasteiger partial charge < -0.3 is 14.5 Å². The van der Waals surface area contributed by atoms with Gasteiger partial charge in [-0.1, -0.05) is 39.3 Å². The largest absolute Gasteiger partial charge is 0.494 e. The van der Waals surface area contributed by atoms with Crippen LogP contribution in [-0.4, -0.2) is 17.5 Å². The Balaban J connectivity index is 1.48. The van der Waals surface area contributed by atoms with E-state index in [2.05, 4.69) is 43.2 Å². The normalized spacial score (nSPS) is 12.0. The number of carbonyl (C=O) groups is 1. The summed E-state index contributed by atoms with van der Waals surface area (Å²) in [4.78, 5) is 17.4. The Bertz CT molecular complexity index is 1230. The van der Waals surface area contributed by atoms with Crippen LogP contribution in [0.5, 0.6) is 5.75 Å². The summed E-state index contributed by atoms with van der Waals surface area (Å²) in [6, 6.07) is 20.9. The van der Waals surface area contributed by atoms with Gasteiger partial charge >= 0.3 is 0 Å². The van der Waals surface area contributed by atoms with Gasteiger partial charge in [-0.2, -0.15) is 0 Å². The molecule has 4 rings (SSSR count). The number of aromatic nitrogens is 1. The van der Waals surface area contributed by atoms with Gasteiger partial charge in [-0.05, 0) is 78.9 Å². The van der Waals surface area contributed by atoms with Crippen molar-refractivity contribution in [1.82, 2.24) is 4.98 Å². The topological polar surface area (TPSA) is 64.4 Å². The van der Waals surface area contributed by atoms with E-state index in [1.54, 1.807) is 12.1 Å². The number of hydrogen-bond donors (Lipinski definition) is 1. The number of hydrogen-bond acceptors (Lipinski definition) is 4. The Kier molecular flexibility index (Phi) is 7.08. The number of nitrogens with one attached hydrogen (secondary N) is 1. The van der Waals surface area contributed by atoms with Crippen LogP contribution in [-0.2, 0) is 0 Å². The lowest BCUT2D eigenvalue weighted by atomic mass is 9.98. The predicted molar refractivity (Wildman–Crippen MR) is 133 cm³/mol. The monoisotopic (exact) mass is 442 g/mol. The zero-order chi connectivity index (χ0) is 23.2. The molecule has 33 heavy (non-hydrogen) atoms. The van der Waals surface area contributed by atoms with Crippen LogP contribution in [0.25, 0.3) is 22.6 Å². The average molecular weight is 443 g/mol. The lowest BCUT2D eigenvalue weighted by Crippen LogP contribution is -2.11. The number of rotatable bonds is 9. The maximum Gasteiger partial charge on any atom is 0.255 e. The van der Waals surface area contributed by atoms with Gasteiger partial charge in [0, 0.05) is 16.8 Å². The standard InChI is InChI=1S/C28H30N2O3/c1-4-6-16-32-24-13-10-20(11-14-24)27(31)29-23-9-7-8-22(17-23)28-30-25-18-21(19(3)5-2)12-15-26(25)33-28/h7-15,17-19H,4-6,16H2,1-3H3,(H,29,31). The van der Waals surface area contributed by atoms with Crippen molar-refractivity contribution in [3.63, 3.8) is 0 Å². The first-order valence-electron chi connectivity index (χ1n) is 11.6. The number of benzene rings is 3. The molecule has 1 atom stereocenters. The molecule has 3 aromatic carbocycles. The molecule has 1 aromatic heterocycles. The van der Waals surface area contributed by atoms with Crippen molar-refractivity contribution in [1.29, 1.82) is 0 Å². The fourth-order valence-electron chi connectivity index (χ4n) is 3.58. The smallest absolute Gasteiger partial charge is 0.255 e. The number of anilines is 1. The summed E-state index contributed by atoms with van der Waals surface area (Å²) in [6.45, 7) is 7.20. The van der Waals surface area contributed by atoms with Crippen molar-refractivity contribution < 1.29 is 13.9 Å². The third kappa shape index (κ3) is 5.43. The molecule has 0 spiro atoms. The molecule has 5 heteroatoms. The highest BCUT2D eigenvalue weighted by atomic mass is 16.5. The number of ether oxygens (including phenoxy) is 1. The van der Waals surface area contributed by atoms with Gasteiger partial charge in [0.15, 0.2) is 5.58 Å². The molecule has 0 bridgehead atoms. The minimum absolute atomic E-state index is 0.178. The van der Waals surface area contributed by atoms with Crippen LogP contribution in [0.3, 0.4) is 0 Å². The molecule has 4 aromatic rings. The van der Waals surface area contributed by atoms with Crippen molar-refractivity contribution in [3.05, 3.63) is 77.9 Å². The fraction of sp³-hybridized carbons (Fsp3) is 0.286. The zero-order valence-electron chi connectivity index (χ0n) is 19.4. The second-order valence-corrected chi connectivity index (χ2v) is 8.32. The molecule has 1 N–H and O–H groups in total. The molecule has 1 unspecified atom stereocenters. The number of unbranched alkanes of at least 4 members (excludes halogenated alkanes) is 1. The molecular formula is C28H30N2O3. The Labute approximate surface area is 194 Å². The van der Waals surface area contributed by atoms with E-state index in [-0.39, 0.29) is 5.91 Å². The third-order valence-corrected chi connectivity index (χ3v) is 5.84. The number of amides is 1. The molecule has 0 radical (unpaired) electrons. The van der Waals surface area contributed by atoms with Crippen LogP contribution in [0.2, 0.25) is 0 Å². The van der Waals surface area contributed by atoms with Crippen molar-refractivity contribution >= 4 is 22.7 Å². The van der Waals surface area contributed by atoms with Crippen LogP contribution < -0.4 is 10.1 Å². The molecular weight excluding hydrogens is 412 g/mol. The maximum absolute atomic E-state index is 12.7. The quantitative estimate of drug-likeness (QED) is 0.274. The van der Waals surface area contributed by atoms with Gasteiger partial charge in [0.25, 0.3) is 5.91 Å². The first kappa shape index (κ1) is 22.6. The van der Waals surface area contributed by atoms with Crippen molar-refractivity contribution in [2.75, 3.05) is 11.9 Å². The fourth-order valence-corrected chi connectivity index (χ4v) is 3.58. The van der Waals surface area contributed by atoms with Crippen LogP contribution in [0.1, 0.15) is 61.9 Å². The Morgan fingerprint density at radius 2 is 1.88 bits per heavy atom. The number of carbonyl (C=O) groups excluding carboxylic acids is 1. The summed E-state index contributed by atoms with van der Waals surface area (Å²) in [5, 5.41) is 2.96. The van der Waals surface area contributed by atoms with E-state index in [4.69, 9.17) is 9.15 Å². The zero-order valence-corrected chi connectivity index (χ0v) is 19.4. The molecule has 0 aliphatic heterocycles. The van der Waals surface area contributed by atoms with Gasteiger partial charge in [-0.3, -0.25) is 4.79 Å². The molecule has 170 valence electrons. The van der Waals surface area contributed by atoms with Crippen LogP contribution in [0, 0.1) is 0 Å². The van der Waals surface area contributed by atoms with E-state index in [0.29, 0.717) is 29.7 Å². The van der Waals surface area contributed by atoms with E-state index in [1.807, 2.05) is 42.5 Å². The Morgan fingerprint density at radius 1 is 1.06 bits per heavy atom. The summed E-state index contributed by atoms with van der Waals surface area (Å²) in [6.07, 6.45) is 3.17. The predicted octanol–water partition coefficient (Wildman–Crippen LogP) is 7.44. The van der Waals surface area contributed by atoms with E-state index in [1.165, 1.54) is 5.56 Å². The van der Waals surface area contributed by atoms with Gasteiger partial charge in [0.05, 0.1) is 6.61 Å². The molecule has 0 saturated carbocycles. The lowest BCUT2D eigenvalue weighted by Gasteiger charge is -2.08. The SMILES string of the molecule is CCCCOc1ccc(C(=O)Nc2cccc(-c3nc4cc(C(C)CC)ccc4o3)c2)cc1. The maximum atomic E-state index is 12.7. The van der Waals surface area contributed by atoms with E-state index < -0.39 is 0 Å². The number of fused-ring (bicyclic) bond motifs is 1. The third-order valence-electron chi connectivity index (χ3n) is 5.84. The van der Waals surface area contributed by atoms with Crippen molar-refractivity contribution in [2.24, 2.45) is 0 Å². The Morgan fingerprint density at radius 3 is 2.64 bits per heavy atom. The summed E-state index contributed by atoms with van der Waals surface area (Å²) >= 11 is 0. The van der Waals surface area contributed by atoms with E-state index >= 15 is 0 Å². The first-order valence-corrected chi connectivity index (χ1v) is 11.6. The van der Waals surface area contributed by atoms with Crippen molar-refractivity contribution in [2.45, 2.75) is 46.0 Å². The Hall–Kier alpha value is -3.60. The summed E-state index contributed by atoms with van der Waals surface area (Å²) in [5.74, 6) is 1.61. The molecule has 0 saturated heterocycles. The lowest BCUT2D eigenvalue weighted by molar-refractivity contribution is 0.102. The van der Waals surface area contributed by atoms with E-state index in [9.17, 15) is 4.79 Å². The van der Waals surface area contributed by atoms with Gasteiger partial charge in [0.1, 0.15) is 11.3 Å². The highest BCUT2D eigenvalue weighted by molar-refractivity contribution is 6.04. The van der Waals surface area contributed by atoms with Crippen LogP contribution in [0.15, 0.2) is 71.1 Å². The highest BCUT2D eigenvalue weighted by Gasteiger charge is 2.12. The first-order chi connectivity index (χ1) is 16.1. The number of nitrogens with zero attached hydrogens (tertiary/aromatic N) is 1. The average Bonchev–Trinajstić information content (AvgIpc) is 3.28. The molecule has 1 amide bonds. The van der Waals surface area contributed by atoms with Gasteiger partial charge in [-0.15, -0.1) is 0 Å². The van der Waals surface area contributed by atoms with Crippen molar-refractivity contribution in [3.8, 4) is 17.2 Å².